The summed E-state index contributed by atoms with van der Waals surface area (Å²) < 4.78 is 38.1. The minimum absolute atomic E-state index is 0.105. The fraction of sp³-hybridized carbons (Fsp3) is 0.636. The largest absolute Gasteiger partial charge is 0.480 e. The van der Waals surface area contributed by atoms with Crippen molar-refractivity contribution in [2.45, 2.75) is 272 Å². The van der Waals surface area contributed by atoms with Crippen molar-refractivity contribution in [1.29, 1.82) is 0 Å². The number of aryl methyl sites for hydroxylation is 1. The molecule has 11 unspecified atom stereocenters. The Hall–Kier alpha value is -7.59. The molecule has 638 valence electrons. The molecule has 12 aliphatic rings. The maximum absolute atomic E-state index is 15.0. The third-order valence-corrected chi connectivity index (χ3v) is 30.0. The van der Waals surface area contributed by atoms with E-state index in [1.54, 1.807) is 39.2 Å². The number of amides is 10. The van der Waals surface area contributed by atoms with Crippen LogP contribution in [0.4, 0.5) is 11.4 Å². The molecule has 27 nitrogen and oxygen atoms in total. The van der Waals surface area contributed by atoms with E-state index >= 15 is 9.59 Å². The number of likely N-dealkylation sites (tertiary alicyclic amines) is 10. The molecular formula is C88H117I2N12O15S+. The van der Waals surface area contributed by atoms with E-state index in [1.807, 2.05) is 18.2 Å². The second kappa shape index (κ2) is 36.6. The van der Waals surface area contributed by atoms with E-state index in [2.05, 4.69) is 144 Å². The summed E-state index contributed by atoms with van der Waals surface area (Å²) in [6, 6.07) is 2.46. The second-order valence-electron chi connectivity index (χ2n) is 35.4. The highest BCUT2D eigenvalue weighted by Crippen LogP contribution is 2.52. The third kappa shape index (κ3) is 17.4. The first-order chi connectivity index (χ1) is 56.5. The number of hydrogen-bond acceptors (Lipinski definition) is 14. The number of unbranched alkanes of at least 4 members (excludes halogenated alkanes) is 3. The van der Waals surface area contributed by atoms with Crippen LogP contribution in [0.25, 0.3) is 0 Å². The number of carbonyl (C=O) groups is 11. The smallest absolute Gasteiger partial charge is 0.326 e. The Morgan fingerprint density at radius 2 is 0.831 bits per heavy atom. The van der Waals surface area contributed by atoms with Crippen LogP contribution >= 0.6 is 45.2 Å². The summed E-state index contributed by atoms with van der Waals surface area (Å²) in [6.07, 6.45) is 27.9. The van der Waals surface area contributed by atoms with E-state index < -0.39 is 81.9 Å². The van der Waals surface area contributed by atoms with Crippen molar-refractivity contribution in [3.8, 4) is 0 Å². The average Bonchev–Trinajstić information content (AvgIpc) is 1.59. The minimum atomic E-state index is -4.13. The van der Waals surface area contributed by atoms with Gasteiger partial charge in [0.1, 0.15) is 67.5 Å². The lowest BCUT2D eigenvalue weighted by Crippen LogP contribution is -2.59. The third-order valence-electron chi connectivity index (χ3n) is 27.7. The molecule has 10 saturated heterocycles. The number of carbonyl (C=O) groups excluding carboxylic acids is 10. The predicted molar refractivity (Wildman–Crippen MR) is 461 cm³/mol. The number of anilines is 1. The Bertz CT molecular complexity index is 4580. The maximum Gasteiger partial charge on any atom is 0.326 e. The maximum atomic E-state index is 15.0. The highest BCUT2D eigenvalue weighted by molar-refractivity contribution is 14.1. The molecule has 0 saturated carbocycles. The van der Waals surface area contributed by atoms with Gasteiger partial charge in [-0.15, -0.1) is 0 Å². The Kier molecular flexibility index (Phi) is 26.9. The Labute approximate surface area is 721 Å². The quantitative estimate of drug-likeness (QED) is 0.0308. The predicted octanol–water partition coefficient (Wildman–Crippen LogP) is 9.15. The zero-order valence-corrected chi connectivity index (χ0v) is 74.1. The van der Waals surface area contributed by atoms with Gasteiger partial charge in [0.2, 0.25) is 64.8 Å². The van der Waals surface area contributed by atoms with E-state index in [1.165, 1.54) is 33.9 Å². The van der Waals surface area contributed by atoms with Crippen molar-refractivity contribution in [3.05, 3.63) is 102 Å². The molecule has 11 atom stereocenters. The molecule has 12 aliphatic heterocycles. The molecule has 30 heteroatoms. The van der Waals surface area contributed by atoms with Crippen molar-refractivity contribution in [1.82, 2.24) is 49.0 Å². The standard InChI is InChI=1S/C88H116I2N12O15S/c1-57-39-40-61-59(54-57)88(4,41-13-15-53-118(115,116)117)74(37-11-8-6-7-10-36-73-87(2,3)76-60(90)55-58(89)56-72(76)91(73)5)92(61)42-14-9-12-38-75(103)93-43-16-26-62(93)77(104)94-44-17-27-63(94)78(105)95-45-18-28-64(95)79(106)96-46-19-29-65(96)80(107)97-47-20-30-66(97)81(108)98-48-21-31-67(98)82(109)99-49-22-32-68(99)83(110)100-50-23-33-69(100)84(111)101-51-24-34-70(101)85(112)102-52-25-35-71(102)86(113)114/h6-8,10-11,36-37,39-40,54-56,62-71H,9,12-35,38,41-53H2,1-5H3,(H-,113,114,115,116,117)/p+1. The molecular weight excluding hydrogens is 1750 g/mol. The average molecular weight is 1870 g/mol. The minimum Gasteiger partial charge on any atom is -0.480 e. The number of hydrogen-bond donors (Lipinski definition) is 2. The summed E-state index contributed by atoms with van der Waals surface area (Å²) in [5.41, 5.74) is 7.51. The molecule has 0 aromatic heterocycles. The van der Waals surface area contributed by atoms with Gasteiger partial charge >= 0.3 is 5.97 Å². The molecule has 0 radical (unpaired) electrons. The molecule has 118 heavy (non-hydrogen) atoms. The lowest BCUT2D eigenvalue weighted by molar-refractivity contribution is -0.401. The van der Waals surface area contributed by atoms with Crippen LogP contribution in [0.5, 0.6) is 0 Å². The van der Waals surface area contributed by atoms with E-state index in [0.717, 1.165) is 35.4 Å². The van der Waals surface area contributed by atoms with Gasteiger partial charge in [0.05, 0.1) is 16.7 Å². The van der Waals surface area contributed by atoms with E-state index in [-0.39, 0.29) is 103 Å². The zero-order valence-electron chi connectivity index (χ0n) is 69.0. The Morgan fingerprint density at radius 3 is 1.23 bits per heavy atom. The zero-order chi connectivity index (χ0) is 83.8. The number of halogens is 2. The summed E-state index contributed by atoms with van der Waals surface area (Å²) in [6.45, 7) is 12.6. The first-order valence-electron chi connectivity index (χ1n) is 43.4. The topological polar surface area (TPSA) is 301 Å². The Morgan fingerprint density at radius 1 is 0.466 bits per heavy atom. The van der Waals surface area contributed by atoms with Gasteiger partial charge in [0, 0.05) is 114 Å². The molecule has 0 spiro atoms. The fourth-order valence-electron chi connectivity index (χ4n) is 21.9. The van der Waals surface area contributed by atoms with Crippen LogP contribution in [-0.2, 0) is 73.7 Å². The number of carboxylic acid groups (broad SMARTS) is 1. The normalized spacial score (nSPS) is 28.1. The number of aliphatic carboxylic acids is 1. The van der Waals surface area contributed by atoms with Gasteiger partial charge in [-0.05, 0) is 251 Å². The number of benzene rings is 2. The van der Waals surface area contributed by atoms with Crippen LogP contribution < -0.4 is 4.90 Å². The molecule has 2 aromatic carbocycles. The first kappa shape index (κ1) is 86.8. The van der Waals surface area contributed by atoms with Gasteiger partial charge in [-0.1, -0.05) is 60.9 Å². The van der Waals surface area contributed by atoms with Crippen LogP contribution in [0, 0.1) is 14.1 Å². The molecule has 12 heterocycles. The number of nitrogens with zero attached hydrogens (tertiary/aromatic N) is 12. The molecule has 10 amide bonds. The molecule has 10 fully saturated rings. The van der Waals surface area contributed by atoms with Gasteiger partial charge in [0.25, 0.3) is 10.1 Å². The Balaban J connectivity index is 0.569. The van der Waals surface area contributed by atoms with Gasteiger partial charge in [-0.25, -0.2) is 4.79 Å². The SMILES string of the molecule is Cc1ccc2c(c1)C(C)(CCCCS(=O)(=O)O)C(=CC=CC=CC=CC1=[N+](C)c3cc(I)cc(I)c3C1(C)C)N2CCCCCC(=O)N1CCCC1C(=O)N1CCCC1C(=O)N1CCCC1C(=O)N1CCCC1C(=O)N1CCCC1C(=O)N1CCCC1C(=O)N1CCCC1C(=O)N1CCCC1C(=O)N1CCCC1C(=O)N1CCCC1C(=O)O. The molecule has 2 N–H and O–H groups in total. The van der Waals surface area contributed by atoms with Gasteiger partial charge in [-0.3, -0.25) is 52.5 Å². The van der Waals surface area contributed by atoms with Crippen molar-refractivity contribution in [2.24, 2.45) is 0 Å². The molecule has 0 bridgehead atoms. The summed E-state index contributed by atoms with van der Waals surface area (Å²) in [5, 5.41) is 9.83. The van der Waals surface area contributed by atoms with Gasteiger partial charge in [-0.2, -0.15) is 13.0 Å². The van der Waals surface area contributed by atoms with Crippen LogP contribution in [-0.4, -0.2) is 288 Å². The van der Waals surface area contributed by atoms with Crippen LogP contribution in [0.3, 0.4) is 0 Å². The van der Waals surface area contributed by atoms with Crippen molar-refractivity contribution < 1.29 is 75.4 Å². The van der Waals surface area contributed by atoms with Crippen molar-refractivity contribution in [2.75, 3.05) is 89.7 Å². The van der Waals surface area contributed by atoms with Gasteiger partial charge in [0.15, 0.2) is 5.71 Å². The highest BCUT2D eigenvalue weighted by Gasteiger charge is 2.54. The highest BCUT2D eigenvalue weighted by atomic mass is 127. The lowest BCUT2D eigenvalue weighted by Gasteiger charge is -2.37. The number of fused-ring (bicyclic) bond motifs is 2. The van der Waals surface area contributed by atoms with Gasteiger partial charge < -0.3 is 59.0 Å². The molecule has 14 rings (SSSR count). The monoisotopic (exact) mass is 1870 g/mol. The number of rotatable bonds is 25. The summed E-state index contributed by atoms with van der Waals surface area (Å²) >= 11 is 4.82. The second-order valence-corrected chi connectivity index (χ2v) is 39.4. The van der Waals surface area contributed by atoms with E-state index in [4.69, 9.17) is 0 Å². The molecule has 2 aromatic rings. The fourth-order valence-corrected chi connectivity index (χ4v) is 24.9. The van der Waals surface area contributed by atoms with Crippen molar-refractivity contribution >= 4 is 137 Å². The number of carboxylic acids is 1. The van der Waals surface area contributed by atoms with Crippen molar-refractivity contribution in [3.63, 3.8) is 0 Å². The lowest BCUT2D eigenvalue weighted by atomic mass is 9.77. The summed E-state index contributed by atoms with van der Waals surface area (Å²) in [4.78, 5) is 177. The summed E-state index contributed by atoms with van der Waals surface area (Å²) in [7, 11) is -2.01. The van der Waals surface area contributed by atoms with Crippen LogP contribution in [0.15, 0.2) is 78.6 Å². The van der Waals surface area contributed by atoms with E-state index in [9.17, 15) is 61.2 Å². The molecule has 0 aliphatic carbocycles. The van der Waals surface area contributed by atoms with Crippen LogP contribution in [0.1, 0.15) is 211 Å². The van der Waals surface area contributed by atoms with Crippen LogP contribution in [0.2, 0.25) is 0 Å². The summed E-state index contributed by atoms with van der Waals surface area (Å²) in [5.74, 6) is -4.51. The first-order valence-corrected chi connectivity index (χ1v) is 47.2. The number of allylic oxidation sites excluding steroid dienone is 8. The van der Waals surface area contributed by atoms with E-state index in [0.29, 0.717) is 200 Å².